The van der Waals surface area contributed by atoms with Crippen LogP contribution in [0.15, 0.2) is 0 Å². The summed E-state index contributed by atoms with van der Waals surface area (Å²) in [5.41, 5.74) is 5.36. The number of imide groups is 1. The summed E-state index contributed by atoms with van der Waals surface area (Å²) < 4.78 is 0. The lowest BCUT2D eigenvalue weighted by Crippen LogP contribution is -2.42. The third-order valence-corrected chi connectivity index (χ3v) is 3.68. The molecule has 106 valence electrons. The molecule has 0 bridgehead atoms. The van der Waals surface area contributed by atoms with Gasteiger partial charge >= 0.3 is 0 Å². The topological polar surface area (TPSA) is 83.7 Å². The summed E-state index contributed by atoms with van der Waals surface area (Å²) >= 11 is 4.73. The number of hydrogen-bond acceptors (Lipinski definition) is 4. The van der Waals surface area contributed by atoms with E-state index in [0.29, 0.717) is 18.0 Å². The highest BCUT2D eigenvalue weighted by atomic mass is 32.1. The molecule has 1 rings (SSSR count). The number of amides is 3. The molecular formula is C12H19N3O3S. The maximum atomic E-state index is 11.9. The smallest absolute Gasteiger partial charge is 0.242 e. The number of likely N-dealkylation sites (N-methyl/N-ethyl adjacent to an activating group) is 1. The Balaban J connectivity index is 2.59. The average molecular weight is 285 g/mol. The lowest BCUT2D eigenvalue weighted by Gasteiger charge is -2.20. The Bertz CT molecular complexity index is 404. The molecule has 0 radical (unpaired) electrons. The van der Waals surface area contributed by atoms with Gasteiger partial charge in [-0.25, -0.2) is 0 Å². The molecule has 0 aromatic rings. The number of likely N-dealkylation sites (tertiary alicyclic amines) is 1. The minimum Gasteiger partial charge on any atom is -0.393 e. The maximum absolute atomic E-state index is 11.9. The molecule has 0 aromatic carbocycles. The predicted molar refractivity (Wildman–Crippen MR) is 74.1 cm³/mol. The Kier molecular flexibility index (Phi) is 4.99. The van der Waals surface area contributed by atoms with Crippen molar-refractivity contribution in [2.24, 2.45) is 17.6 Å². The van der Waals surface area contributed by atoms with Gasteiger partial charge < -0.3 is 10.6 Å². The van der Waals surface area contributed by atoms with Crippen molar-refractivity contribution in [2.75, 3.05) is 20.1 Å². The van der Waals surface area contributed by atoms with Crippen LogP contribution < -0.4 is 5.73 Å². The molecule has 19 heavy (non-hydrogen) atoms. The van der Waals surface area contributed by atoms with E-state index in [1.807, 2.05) is 0 Å². The van der Waals surface area contributed by atoms with Crippen LogP contribution in [0.25, 0.3) is 0 Å². The van der Waals surface area contributed by atoms with Crippen LogP contribution in [-0.2, 0) is 14.4 Å². The van der Waals surface area contributed by atoms with E-state index in [1.54, 1.807) is 20.9 Å². The second-order valence-corrected chi connectivity index (χ2v) is 5.40. The van der Waals surface area contributed by atoms with Crippen molar-refractivity contribution >= 4 is 34.9 Å². The number of thiocarbonyl (C=S) groups is 1. The van der Waals surface area contributed by atoms with Gasteiger partial charge in [-0.15, -0.1) is 0 Å². The fraction of sp³-hybridized carbons (Fsp3) is 0.667. The highest BCUT2D eigenvalue weighted by molar-refractivity contribution is 7.80. The van der Waals surface area contributed by atoms with Gasteiger partial charge in [0.2, 0.25) is 17.7 Å². The Hall–Kier alpha value is -1.50. The van der Waals surface area contributed by atoms with Gasteiger partial charge in [0, 0.05) is 31.8 Å². The molecule has 0 saturated carbocycles. The van der Waals surface area contributed by atoms with E-state index in [-0.39, 0.29) is 36.1 Å². The molecule has 1 aliphatic heterocycles. The molecule has 2 N–H and O–H groups in total. The number of nitrogens with two attached hydrogens (primary N) is 1. The molecule has 6 nitrogen and oxygen atoms in total. The molecule has 1 aliphatic rings. The Morgan fingerprint density at radius 3 is 2.21 bits per heavy atom. The van der Waals surface area contributed by atoms with Gasteiger partial charge in [-0.2, -0.15) is 0 Å². The molecule has 0 aliphatic carbocycles. The van der Waals surface area contributed by atoms with Gasteiger partial charge in [-0.05, 0) is 0 Å². The van der Waals surface area contributed by atoms with Crippen molar-refractivity contribution in [3.8, 4) is 0 Å². The first-order chi connectivity index (χ1) is 8.75. The molecule has 3 amide bonds. The summed E-state index contributed by atoms with van der Waals surface area (Å²) in [7, 11) is 1.60. The molecule has 0 aromatic heterocycles. The van der Waals surface area contributed by atoms with Crippen molar-refractivity contribution < 1.29 is 14.4 Å². The molecule has 1 fully saturated rings. The van der Waals surface area contributed by atoms with Crippen molar-refractivity contribution in [2.45, 2.75) is 20.3 Å². The first-order valence-corrected chi connectivity index (χ1v) is 6.54. The van der Waals surface area contributed by atoms with Crippen LogP contribution in [0.1, 0.15) is 20.3 Å². The van der Waals surface area contributed by atoms with Crippen LogP contribution in [0.2, 0.25) is 0 Å². The highest BCUT2D eigenvalue weighted by Crippen LogP contribution is 2.25. The molecular weight excluding hydrogens is 266 g/mol. The Labute approximate surface area is 117 Å². The standard InChI is InChI=1S/C12H19N3O3S/c1-7-8(2)12(18)15(11(7)17)6-10(16)14(3)5-4-9(13)19/h7-8H,4-6H2,1-3H3,(H2,13,19). The summed E-state index contributed by atoms with van der Waals surface area (Å²) in [5, 5.41) is 0. The summed E-state index contributed by atoms with van der Waals surface area (Å²) in [4.78, 5) is 38.4. The van der Waals surface area contributed by atoms with E-state index in [2.05, 4.69) is 0 Å². The number of carbonyl (C=O) groups is 3. The Morgan fingerprint density at radius 1 is 1.32 bits per heavy atom. The zero-order valence-corrected chi connectivity index (χ0v) is 12.2. The van der Waals surface area contributed by atoms with Gasteiger partial charge in [0.05, 0.1) is 4.99 Å². The molecule has 2 unspecified atom stereocenters. The minimum absolute atomic E-state index is 0.208. The van der Waals surface area contributed by atoms with Gasteiger partial charge in [0.15, 0.2) is 0 Å². The fourth-order valence-electron chi connectivity index (χ4n) is 1.84. The van der Waals surface area contributed by atoms with Crippen molar-refractivity contribution in [1.82, 2.24) is 9.80 Å². The van der Waals surface area contributed by atoms with Crippen LogP contribution in [0.4, 0.5) is 0 Å². The van der Waals surface area contributed by atoms with Crippen LogP contribution in [-0.4, -0.2) is 52.6 Å². The van der Waals surface area contributed by atoms with Crippen molar-refractivity contribution in [1.29, 1.82) is 0 Å². The quantitative estimate of drug-likeness (QED) is 0.557. The van der Waals surface area contributed by atoms with Gasteiger partial charge in [0.1, 0.15) is 6.54 Å². The number of rotatable bonds is 5. The van der Waals surface area contributed by atoms with Crippen LogP contribution in [0, 0.1) is 11.8 Å². The number of nitrogens with zero attached hydrogens (tertiary/aromatic N) is 2. The van der Waals surface area contributed by atoms with Crippen LogP contribution in [0.3, 0.4) is 0 Å². The highest BCUT2D eigenvalue weighted by Gasteiger charge is 2.43. The number of hydrogen-bond donors (Lipinski definition) is 1. The molecule has 7 heteroatoms. The zero-order chi connectivity index (χ0) is 14.7. The molecule has 1 saturated heterocycles. The molecule has 1 heterocycles. The normalized spacial score (nSPS) is 22.8. The zero-order valence-electron chi connectivity index (χ0n) is 11.4. The minimum atomic E-state index is -0.359. The summed E-state index contributed by atoms with van der Waals surface area (Å²) in [5.74, 6) is -1.58. The first-order valence-electron chi connectivity index (χ1n) is 6.13. The van der Waals surface area contributed by atoms with E-state index in [4.69, 9.17) is 18.0 Å². The largest absolute Gasteiger partial charge is 0.393 e. The van der Waals surface area contributed by atoms with Crippen molar-refractivity contribution in [3.05, 3.63) is 0 Å². The molecule has 2 atom stereocenters. The van der Waals surface area contributed by atoms with E-state index in [0.717, 1.165) is 4.90 Å². The first kappa shape index (κ1) is 15.6. The van der Waals surface area contributed by atoms with E-state index in [9.17, 15) is 14.4 Å². The Morgan fingerprint density at radius 2 is 1.79 bits per heavy atom. The van der Waals surface area contributed by atoms with Crippen LogP contribution in [0.5, 0.6) is 0 Å². The fourth-order valence-corrected chi connectivity index (χ4v) is 1.93. The van der Waals surface area contributed by atoms with E-state index < -0.39 is 0 Å². The summed E-state index contributed by atoms with van der Waals surface area (Å²) in [6.07, 6.45) is 0.423. The third-order valence-electron chi connectivity index (χ3n) is 3.47. The second-order valence-electron chi connectivity index (χ2n) is 4.87. The van der Waals surface area contributed by atoms with Gasteiger partial charge in [0.25, 0.3) is 0 Å². The lowest BCUT2D eigenvalue weighted by molar-refractivity contribution is -0.146. The van der Waals surface area contributed by atoms with Crippen molar-refractivity contribution in [3.63, 3.8) is 0 Å². The monoisotopic (exact) mass is 285 g/mol. The van der Waals surface area contributed by atoms with Crippen LogP contribution >= 0.6 is 12.2 Å². The van der Waals surface area contributed by atoms with E-state index >= 15 is 0 Å². The predicted octanol–water partition coefficient (Wildman–Crippen LogP) is -0.238. The average Bonchev–Trinajstić information content (AvgIpc) is 2.53. The summed E-state index contributed by atoms with van der Waals surface area (Å²) in [6, 6.07) is 0. The second kappa shape index (κ2) is 6.10. The SMILES string of the molecule is CC1C(=O)N(CC(=O)N(C)CCC(N)=S)C(=O)C1C. The molecule has 0 spiro atoms. The number of carbonyl (C=O) groups excluding carboxylic acids is 3. The van der Waals surface area contributed by atoms with Gasteiger partial charge in [-0.3, -0.25) is 19.3 Å². The maximum Gasteiger partial charge on any atom is 0.242 e. The third kappa shape index (κ3) is 3.50. The lowest BCUT2D eigenvalue weighted by atomic mass is 10.00. The van der Waals surface area contributed by atoms with Gasteiger partial charge in [-0.1, -0.05) is 26.1 Å². The van der Waals surface area contributed by atoms with E-state index in [1.165, 1.54) is 4.90 Å². The summed E-state index contributed by atoms with van der Waals surface area (Å²) in [6.45, 7) is 3.58.